The summed E-state index contributed by atoms with van der Waals surface area (Å²) in [5.74, 6) is 1.03. The molecule has 1 aromatic carbocycles. The second-order valence-electron chi connectivity index (χ2n) is 6.76. The van der Waals surface area contributed by atoms with E-state index in [1.54, 1.807) is 6.20 Å². The lowest BCUT2D eigenvalue weighted by molar-refractivity contribution is 0.601. The SMILES string of the molecule is Cc1ccc(Cl)cc1N1CCC(CN=C(N)NCCc2ccccn2)C1. The average molecular weight is 372 g/mol. The van der Waals surface area contributed by atoms with Crippen molar-refractivity contribution in [2.24, 2.45) is 16.6 Å². The number of nitrogens with one attached hydrogen (secondary N) is 1. The van der Waals surface area contributed by atoms with Crippen LogP contribution in [0.2, 0.25) is 5.02 Å². The van der Waals surface area contributed by atoms with Gasteiger partial charge in [0.15, 0.2) is 5.96 Å². The van der Waals surface area contributed by atoms with Gasteiger partial charge in [-0.15, -0.1) is 0 Å². The fraction of sp³-hybridized carbons (Fsp3) is 0.400. The number of hydrogen-bond donors (Lipinski definition) is 2. The summed E-state index contributed by atoms with van der Waals surface area (Å²) in [4.78, 5) is 11.2. The summed E-state index contributed by atoms with van der Waals surface area (Å²) in [7, 11) is 0. The first-order valence-electron chi connectivity index (χ1n) is 9.06. The van der Waals surface area contributed by atoms with E-state index < -0.39 is 0 Å². The van der Waals surface area contributed by atoms with Gasteiger partial charge < -0.3 is 16.0 Å². The number of hydrogen-bond acceptors (Lipinski definition) is 3. The molecule has 2 aromatic rings. The quantitative estimate of drug-likeness (QED) is 0.605. The van der Waals surface area contributed by atoms with Gasteiger partial charge in [-0.3, -0.25) is 9.98 Å². The zero-order valence-corrected chi connectivity index (χ0v) is 15.9. The Kier molecular flexibility index (Phi) is 6.34. The van der Waals surface area contributed by atoms with Crippen LogP contribution in [0.1, 0.15) is 17.7 Å². The van der Waals surface area contributed by atoms with Crippen LogP contribution in [0.3, 0.4) is 0 Å². The van der Waals surface area contributed by atoms with Crippen molar-refractivity contribution in [2.75, 3.05) is 31.1 Å². The Morgan fingerprint density at radius 3 is 3.08 bits per heavy atom. The van der Waals surface area contributed by atoms with E-state index in [2.05, 4.69) is 39.2 Å². The van der Waals surface area contributed by atoms with Crippen molar-refractivity contribution in [1.82, 2.24) is 10.3 Å². The number of anilines is 1. The molecule has 1 aliphatic rings. The van der Waals surface area contributed by atoms with Crippen LogP contribution >= 0.6 is 11.6 Å². The zero-order chi connectivity index (χ0) is 18.4. The summed E-state index contributed by atoms with van der Waals surface area (Å²) in [6, 6.07) is 12.0. The number of guanidine groups is 1. The first kappa shape index (κ1) is 18.5. The Bertz CT molecular complexity index is 747. The molecule has 1 unspecified atom stereocenters. The van der Waals surface area contributed by atoms with Gasteiger partial charge >= 0.3 is 0 Å². The number of aryl methyl sites for hydroxylation is 1. The van der Waals surface area contributed by atoms with Gasteiger partial charge in [0.1, 0.15) is 0 Å². The molecule has 2 heterocycles. The normalized spacial score (nSPS) is 17.5. The van der Waals surface area contributed by atoms with Gasteiger partial charge in [-0.05, 0) is 49.1 Å². The molecule has 0 aliphatic carbocycles. The summed E-state index contributed by atoms with van der Waals surface area (Å²) in [5.41, 5.74) is 9.53. The van der Waals surface area contributed by atoms with Gasteiger partial charge in [0.25, 0.3) is 0 Å². The smallest absolute Gasteiger partial charge is 0.188 e. The molecule has 5 nitrogen and oxygen atoms in total. The molecule has 0 radical (unpaired) electrons. The summed E-state index contributed by atoms with van der Waals surface area (Å²) in [6.45, 7) is 5.64. The number of pyridine rings is 1. The number of nitrogens with two attached hydrogens (primary N) is 1. The highest BCUT2D eigenvalue weighted by Gasteiger charge is 2.23. The minimum absolute atomic E-state index is 0.512. The molecule has 1 aromatic heterocycles. The molecule has 3 rings (SSSR count). The predicted molar refractivity (Wildman–Crippen MR) is 109 cm³/mol. The Labute approximate surface area is 160 Å². The molecule has 0 saturated carbocycles. The van der Waals surface area contributed by atoms with Gasteiger partial charge in [0.05, 0.1) is 0 Å². The number of benzene rings is 1. The van der Waals surface area contributed by atoms with Crippen molar-refractivity contribution in [3.63, 3.8) is 0 Å². The molecule has 0 spiro atoms. The minimum atomic E-state index is 0.512. The van der Waals surface area contributed by atoms with E-state index in [1.807, 2.05) is 24.3 Å². The first-order valence-corrected chi connectivity index (χ1v) is 9.44. The maximum absolute atomic E-state index is 6.15. The summed E-state index contributed by atoms with van der Waals surface area (Å²) in [6.07, 6.45) is 3.76. The summed E-state index contributed by atoms with van der Waals surface area (Å²) in [5, 5.41) is 3.96. The van der Waals surface area contributed by atoms with Gasteiger partial charge in [0, 0.05) is 55.2 Å². The van der Waals surface area contributed by atoms with Crippen molar-refractivity contribution in [3.05, 3.63) is 58.9 Å². The van der Waals surface area contributed by atoms with E-state index in [9.17, 15) is 0 Å². The Hall–Kier alpha value is -2.27. The number of halogens is 1. The van der Waals surface area contributed by atoms with Gasteiger partial charge in [-0.1, -0.05) is 23.7 Å². The maximum atomic E-state index is 6.15. The Morgan fingerprint density at radius 1 is 1.38 bits per heavy atom. The van der Waals surface area contributed by atoms with Crippen LogP contribution in [-0.4, -0.2) is 37.1 Å². The van der Waals surface area contributed by atoms with Crippen LogP contribution in [-0.2, 0) is 6.42 Å². The fourth-order valence-corrected chi connectivity index (χ4v) is 3.44. The summed E-state index contributed by atoms with van der Waals surface area (Å²) < 4.78 is 0. The van der Waals surface area contributed by atoms with E-state index in [1.165, 1.54) is 11.3 Å². The van der Waals surface area contributed by atoms with E-state index >= 15 is 0 Å². The molecule has 1 aliphatic heterocycles. The molecule has 1 fully saturated rings. The van der Waals surface area contributed by atoms with Crippen molar-refractivity contribution in [3.8, 4) is 0 Å². The van der Waals surface area contributed by atoms with Crippen LogP contribution in [0.25, 0.3) is 0 Å². The van der Waals surface area contributed by atoms with Gasteiger partial charge in [-0.2, -0.15) is 0 Å². The third kappa shape index (κ3) is 5.11. The van der Waals surface area contributed by atoms with Crippen molar-refractivity contribution in [1.29, 1.82) is 0 Å². The molecule has 0 amide bonds. The largest absolute Gasteiger partial charge is 0.371 e. The fourth-order valence-electron chi connectivity index (χ4n) is 3.27. The Balaban J connectivity index is 1.44. The molecular formula is C20H26ClN5. The van der Waals surface area contributed by atoms with Crippen LogP contribution in [0, 0.1) is 12.8 Å². The van der Waals surface area contributed by atoms with Crippen molar-refractivity contribution >= 4 is 23.2 Å². The summed E-state index contributed by atoms with van der Waals surface area (Å²) >= 11 is 6.15. The first-order chi connectivity index (χ1) is 12.6. The molecule has 6 heteroatoms. The lowest BCUT2D eigenvalue weighted by Gasteiger charge is -2.21. The standard InChI is InChI=1S/C20H26ClN5/c1-15-5-6-17(21)12-19(15)26-11-8-16(14-26)13-25-20(22)24-10-7-18-4-2-3-9-23-18/h2-6,9,12,16H,7-8,10-11,13-14H2,1H3,(H3,22,24,25). The highest BCUT2D eigenvalue weighted by molar-refractivity contribution is 6.30. The topological polar surface area (TPSA) is 66.5 Å². The van der Waals surface area contributed by atoms with Crippen LogP contribution in [0.15, 0.2) is 47.6 Å². The number of aliphatic imine (C=N–C) groups is 1. The minimum Gasteiger partial charge on any atom is -0.371 e. The van der Waals surface area contributed by atoms with Crippen LogP contribution < -0.4 is 16.0 Å². The molecular weight excluding hydrogens is 346 g/mol. The lowest BCUT2D eigenvalue weighted by atomic mass is 10.1. The van der Waals surface area contributed by atoms with Crippen molar-refractivity contribution in [2.45, 2.75) is 19.8 Å². The predicted octanol–water partition coefficient (Wildman–Crippen LogP) is 3.02. The highest BCUT2D eigenvalue weighted by Crippen LogP contribution is 2.29. The van der Waals surface area contributed by atoms with E-state index in [0.717, 1.165) is 49.7 Å². The van der Waals surface area contributed by atoms with Crippen LogP contribution in [0.5, 0.6) is 0 Å². The molecule has 26 heavy (non-hydrogen) atoms. The van der Waals surface area contributed by atoms with Gasteiger partial charge in [-0.25, -0.2) is 0 Å². The van der Waals surface area contributed by atoms with Gasteiger partial charge in [0.2, 0.25) is 0 Å². The van der Waals surface area contributed by atoms with Crippen molar-refractivity contribution < 1.29 is 0 Å². The van der Waals surface area contributed by atoms with E-state index in [-0.39, 0.29) is 0 Å². The third-order valence-corrected chi connectivity index (χ3v) is 4.97. The zero-order valence-electron chi connectivity index (χ0n) is 15.2. The molecule has 138 valence electrons. The van der Waals surface area contributed by atoms with Crippen LogP contribution in [0.4, 0.5) is 5.69 Å². The third-order valence-electron chi connectivity index (χ3n) is 4.73. The van der Waals surface area contributed by atoms with E-state index in [4.69, 9.17) is 17.3 Å². The molecule has 0 bridgehead atoms. The highest BCUT2D eigenvalue weighted by atomic mass is 35.5. The average Bonchev–Trinajstić information content (AvgIpc) is 3.12. The number of aromatic nitrogens is 1. The molecule has 1 saturated heterocycles. The Morgan fingerprint density at radius 2 is 2.27 bits per heavy atom. The molecule has 1 atom stereocenters. The monoisotopic (exact) mass is 371 g/mol. The second kappa shape index (κ2) is 8.90. The second-order valence-corrected chi connectivity index (χ2v) is 7.19. The maximum Gasteiger partial charge on any atom is 0.188 e. The molecule has 3 N–H and O–H groups in total. The van der Waals surface area contributed by atoms with E-state index in [0.29, 0.717) is 11.9 Å². The number of nitrogens with zero attached hydrogens (tertiary/aromatic N) is 3. The number of rotatable bonds is 6. The lowest BCUT2D eigenvalue weighted by Crippen LogP contribution is -2.34.